The highest BCUT2D eigenvalue weighted by atomic mass is 35.5. The molecule has 1 N–H and O–H groups in total. The molecule has 0 saturated heterocycles. The van der Waals surface area contributed by atoms with Crippen LogP contribution in [0.25, 0.3) is 0 Å². The number of hydrogen-bond donors (Lipinski definition) is 1. The molecule has 19 heavy (non-hydrogen) atoms. The van der Waals surface area contributed by atoms with Crippen LogP contribution in [-0.2, 0) is 13.6 Å². The van der Waals surface area contributed by atoms with Gasteiger partial charge in [-0.3, -0.25) is 0 Å². The number of aryl methyl sites for hydroxylation is 1. The van der Waals surface area contributed by atoms with Gasteiger partial charge in [-0.15, -0.1) is 0 Å². The Labute approximate surface area is 118 Å². The van der Waals surface area contributed by atoms with Crippen molar-refractivity contribution in [2.45, 2.75) is 19.5 Å². The van der Waals surface area contributed by atoms with Crippen LogP contribution in [0, 0.1) is 11.3 Å². The maximum absolute atomic E-state index is 8.91. The topological polar surface area (TPSA) is 40.8 Å². The minimum absolute atomic E-state index is 0.212. The normalized spacial score (nSPS) is 12.1. The Hall–Kier alpha value is -1.76. The number of nitrogens with zero attached hydrogens (tertiary/aromatic N) is 2. The molecule has 0 radical (unpaired) electrons. The summed E-state index contributed by atoms with van der Waals surface area (Å²) in [5, 5.41) is 13.1. The molecule has 0 bridgehead atoms. The molecule has 1 aromatic heterocycles. The van der Waals surface area contributed by atoms with Crippen LogP contribution in [0.2, 0.25) is 5.02 Å². The molecule has 0 saturated carbocycles. The van der Waals surface area contributed by atoms with Gasteiger partial charge in [-0.05, 0) is 36.2 Å². The van der Waals surface area contributed by atoms with Crippen LogP contribution in [0.3, 0.4) is 0 Å². The molecule has 0 aliphatic heterocycles. The maximum Gasteiger partial charge on any atom is 0.120 e. The Morgan fingerprint density at radius 3 is 2.84 bits per heavy atom. The van der Waals surface area contributed by atoms with Crippen molar-refractivity contribution in [3.8, 4) is 6.07 Å². The highest BCUT2D eigenvalue weighted by Crippen LogP contribution is 2.18. The summed E-state index contributed by atoms with van der Waals surface area (Å²) in [5.74, 6) is 0. The van der Waals surface area contributed by atoms with Gasteiger partial charge < -0.3 is 9.88 Å². The highest BCUT2D eigenvalue weighted by Gasteiger charge is 2.07. The first-order valence-corrected chi connectivity index (χ1v) is 6.52. The fraction of sp³-hybridized carbons (Fsp3) is 0.267. The van der Waals surface area contributed by atoms with E-state index in [0.717, 1.165) is 22.7 Å². The van der Waals surface area contributed by atoms with Crippen molar-refractivity contribution in [1.29, 1.82) is 5.26 Å². The molecule has 0 fully saturated rings. The third-order valence-corrected chi connectivity index (χ3v) is 3.37. The summed E-state index contributed by atoms with van der Waals surface area (Å²) < 4.78 is 1.83. The van der Waals surface area contributed by atoms with E-state index in [9.17, 15) is 0 Å². The van der Waals surface area contributed by atoms with E-state index in [0.29, 0.717) is 5.69 Å². The predicted molar refractivity (Wildman–Crippen MR) is 76.8 cm³/mol. The molecule has 4 heteroatoms. The molecule has 1 unspecified atom stereocenters. The van der Waals surface area contributed by atoms with Crippen LogP contribution in [0.15, 0.2) is 36.5 Å². The first-order valence-electron chi connectivity index (χ1n) is 6.14. The Balaban J connectivity index is 2.00. The standard InChI is InChI=1S/C15H16ClN3/c1-11(13-4-3-5-14(16)7-13)18-9-12-6-15(8-17)19(2)10-12/h3-7,10-11,18H,9H2,1-2H3. The van der Waals surface area contributed by atoms with Crippen molar-refractivity contribution < 1.29 is 0 Å². The molecule has 1 heterocycles. The van der Waals surface area contributed by atoms with Crippen LogP contribution in [-0.4, -0.2) is 4.57 Å². The van der Waals surface area contributed by atoms with Crippen LogP contribution in [0.4, 0.5) is 0 Å². The summed E-state index contributed by atoms with van der Waals surface area (Å²) in [6, 6.07) is 12.1. The van der Waals surface area contributed by atoms with Gasteiger partial charge >= 0.3 is 0 Å². The summed E-state index contributed by atoms with van der Waals surface area (Å²) >= 11 is 5.98. The fourth-order valence-corrected chi connectivity index (χ4v) is 2.20. The van der Waals surface area contributed by atoms with Gasteiger partial charge in [-0.1, -0.05) is 23.7 Å². The Morgan fingerprint density at radius 1 is 1.42 bits per heavy atom. The van der Waals surface area contributed by atoms with Gasteiger partial charge in [0, 0.05) is 30.9 Å². The summed E-state index contributed by atoms with van der Waals surface area (Å²) in [7, 11) is 1.88. The van der Waals surface area contributed by atoms with Crippen LogP contribution >= 0.6 is 11.6 Å². The Morgan fingerprint density at radius 2 is 2.21 bits per heavy atom. The third-order valence-electron chi connectivity index (χ3n) is 3.14. The van der Waals surface area contributed by atoms with Gasteiger partial charge in [-0.2, -0.15) is 5.26 Å². The number of nitrogens with one attached hydrogen (secondary N) is 1. The molecular weight excluding hydrogens is 258 g/mol. The van der Waals surface area contributed by atoms with E-state index in [1.54, 1.807) is 0 Å². The largest absolute Gasteiger partial charge is 0.342 e. The zero-order chi connectivity index (χ0) is 13.8. The molecule has 0 aliphatic rings. The molecule has 2 aromatic rings. The second-order valence-electron chi connectivity index (χ2n) is 4.61. The molecule has 1 atom stereocenters. The van der Waals surface area contributed by atoms with Crippen molar-refractivity contribution >= 4 is 11.6 Å². The number of nitriles is 1. The lowest BCUT2D eigenvalue weighted by atomic mass is 10.1. The highest BCUT2D eigenvalue weighted by molar-refractivity contribution is 6.30. The molecule has 3 nitrogen and oxygen atoms in total. The van der Waals surface area contributed by atoms with Gasteiger partial charge in [0.05, 0.1) is 0 Å². The SMILES string of the molecule is CC(NCc1cc(C#N)n(C)c1)c1cccc(Cl)c1. The van der Waals surface area contributed by atoms with E-state index >= 15 is 0 Å². The average molecular weight is 274 g/mol. The van der Waals surface area contributed by atoms with E-state index in [1.807, 2.05) is 42.1 Å². The lowest BCUT2D eigenvalue weighted by Gasteiger charge is -2.13. The second-order valence-corrected chi connectivity index (χ2v) is 5.05. The molecule has 1 aromatic carbocycles. The minimum Gasteiger partial charge on any atom is -0.342 e. The van der Waals surface area contributed by atoms with Crippen LogP contribution in [0.1, 0.15) is 29.8 Å². The molecule has 0 aliphatic carbocycles. The van der Waals surface area contributed by atoms with E-state index in [-0.39, 0.29) is 6.04 Å². The van der Waals surface area contributed by atoms with Crippen molar-refractivity contribution in [3.05, 3.63) is 58.4 Å². The van der Waals surface area contributed by atoms with Gasteiger partial charge in [0.2, 0.25) is 0 Å². The van der Waals surface area contributed by atoms with E-state index in [2.05, 4.69) is 24.4 Å². The zero-order valence-electron chi connectivity index (χ0n) is 11.0. The zero-order valence-corrected chi connectivity index (χ0v) is 11.8. The van der Waals surface area contributed by atoms with Crippen molar-refractivity contribution in [1.82, 2.24) is 9.88 Å². The second kappa shape index (κ2) is 5.92. The number of hydrogen-bond acceptors (Lipinski definition) is 2. The maximum atomic E-state index is 8.91. The van der Waals surface area contributed by atoms with Gasteiger partial charge in [0.1, 0.15) is 11.8 Å². The number of halogens is 1. The molecule has 2 rings (SSSR count). The van der Waals surface area contributed by atoms with E-state index < -0.39 is 0 Å². The summed E-state index contributed by atoms with van der Waals surface area (Å²) in [6.45, 7) is 2.82. The third kappa shape index (κ3) is 3.37. The van der Waals surface area contributed by atoms with Crippen molar-refractivity contribution in [2.75, 3.05) is 0 Å². The number of benzene rings is 1. The van der Waals surface area contributed by atoms with Crippen molar-refractivity contribution in [3.63, 3.8) is 0 Å². The van der Waals surface area contributed by atoms with E-state index in [1.165, 1.54) is 0 Å². The van der Waals surface area contributed by atoms with Crippen LogP contribution in [0.5, 0.6) is 0 Å². The summed E-state index contributed by atoms with van der Waals surface area (Å²) in [6.07, 6.45) is 1.97. The first kappa shape index (κ1) is 13.7. The first-order chi connectivity index (χ1) is 9.10. The van der Waals surface area contributed by atoms with Gasteiger partial charge in [0.25, 0.3) is 0 Å². The van der Waals surface area contributed by atoms with Gasteiger partial charge in [-0.25, -0.2) is 0 Å². The summed E-state index contributed by atoms with van der Waals surface area (Å²) in [5.41, 5.74) is 2.93. The molecular formula is C15H16ClN3. The number of rotatable bonds is 4. The Kier molecular flexibility index (Phi) is 4.26. The van der Waals surface area contributed by atoms with Crippen molar-refractivity contribution in [2.24, 2.45) is 7.05 Å². The summed E-state index contributed by atoms with van der Waals surface area (Å²) in [4.78, 5) is 0. The lowest BCUT2D eigenvalue weighted by molar-refractivity contribution is 0.574. The number of aromatic nitrogens is 1. The van der Waals surface area contributed by atoms with Gasteiger partial charge in [0.15, 0.2) is 0 Å². The average Bonchev–Trinajstić information content (AvgIpc) is 2.76. The van der Waals surface area contributed by atoms with E-state index in [4.69, 9.17) is 16.9 Å². The molecule has 98 valence electrons. The van der Waals surface area contributed by atoms with Crippen LogP contribution < -0.4 is 5.32 Å². The predicted octanol–water partition coefficient (Wildman–Crippen LogP) is 3.40. The molecule has 0 amide bonds. The lowest BCUT2D eigenvalue weighted by Crippen LogP contribution is -2.17. The monoisotopic (exact) mass is 273 g/mol. The fourth-order valence-electron chi connectivity index (χ4n) is 2.01. The molecule has 0 spiro atoms. The minimum atomic E-state index is 0.212. The smallest absolute Gasteiger partial charge is 0.120 e. The Bertz CT molecular complexity index is 610. The quantitative estimate of drug-likeness (QED) is 0.927.